The van der Waals surface area contributed by atoms with Gasteiger partial charge in [-0.05, 0) is 19.3 Å². The molecule has 18 heavy (non-hydrogen) atoms. The lowest BCUT2D eigenvalue weighted by Crippen LogP contribution is -2.44. The van der Waals surface area contributed by atoms with Crippen LogP contribution >= 0.6 is 0 Å². The third kappa shape index (κ3) is 5.18. The molecule has 1 fully saturated rings. The summed E-state index contributed by atoms with van der Waals surface area (Å²) in [4.78, 5) is 22.3. The van der Waals surface area contributed by atoms with Crippen LogP contribution in [0.2, 0.25) is 0 Å². The van der Waals surface area contributed by atoms with Crippen molar-refractivity contribution in [2.75, 3.05) is 13.2 Å². The Bertz CT molecular complexity index is 299. The molecule has 1 aliphatic heterocycles. The van der Waals surface area contributed by atoms with Gasteiger partial charge >= 0.3 is 12.1 Å². The minimum atomic E-state index is -1.08. The second-order valence-corrected chi connectivity index (χ2v) is 4.15. The van der Waals surface area contributed by atoms with Crippen molar-refractivity contribution in [3.63, 3.8) is 0 Å². The molecule has 1 amide bonds. The van der Waals surface area contributed by atoms with Gasteiger partial charge in [0.25, 0.3) is 0 Å². The number of nitrogens with one attached hydrogen (secondary N) is 1. The highest BCUT2D eigenvalue weighted by atomic mass is 16.5. The van der Waals surface area contributed by atoms with Gasteiger partial charge in [-0.1, -0.05) is 12.7 Å². The molecule has 0 aromatic carbocycles. The molecular formula is C12H19NO5. The number of ether oxygens (including phenoxy) is 2. The van der Waals surface area contributed by atoms with E-state index in [0.717, 1.165) is 19.3 Å². The second kappa shape index (κ2) is 7.71. The van der Waals surface area contributed by atoms with Crippen LogP contribution in [0.3, 0.4) is 0 Å². The van der Waals surface area contributed by atoms with Gasteiger partial charge in [-0.15, -0.1) is 0 Å². The van der Waals surface area contributed by atoms with E-state index in [0.29, 0.717) is 6.61 Å². The van der Waals surface area contributed by atoms with Gasteiger partial charge in [-0.2, -0.15) is 0 Å². The first-order valence-corrected chi connectivity index (χ1v) is 6.02. The van der Waals surface area contributed by atoms with E-state index < -0.39 is 18.1 Å². The average molecular weight is 257 g/mol. The van der Waals surface area contributed by atoms with Gasteiger partial charge in [0.15, 0.2) is 0 Å². The van der Waals surface area contributed by atoms with Crippen molar-refractivity contribution in [2.24, 2.45) is 0 Å². The highest BCUT2D eigenvalue weighted by Gasteiger charge is 2.26. The predicted molar refractivity (Wildman–Crippen MR) is 64.3 cm³/mol. The van der Waals surface area contributed by atoms with E-state index in [4.69, 9.17) is 9.84 Å². The first kappa shape index (κ1) is 14.5. The number of rotatable bonds is 6. The monoisotopic (exact) mass is 257 g/mol. The van der Waals surface area contributed by atoms with Crippen LogP contribution in [0, 0.1) is 0 Å². The highest BCUT2D eigenvalue weighted by Crippen LogP contribution is 2.17. The molecule has 0 radical (unpaired) electrons. The summed E-state index contributed by atoms with van der Waals surface area (Å²) in [6, 6.07) is -0.981. The van der Waals surface area contributed by atoms with Crippen LogP contribution in [0.1, 0.15) is 25.7 Å². The number of amides is 1. The lowest BCUT2D eigenvalue weighted by molar-refractivity contribution is -0.140. The number of carbonyl (C=O) groups is 2. The number of hydrogen-bond acceptors (Lipinski definition) is 4. The summed E-state index contributed by atoms with van der Waals surface area (Å²) in [5.41, 5.74) is 0. The molecule has 2 N–H and O–H groups in total. The molecule has 2 atom stereocenters. The maximum Gasteiger partial charge on any atom is 0.408 e. The van der Waals surface area contributed by atoms with Crippen LogP contribution in [-0.4, -0.2) is 42.5 Å². The van der Waals surface area contributed by atoms with E-state index in [-0.39, 0.29) is 19.1 Å². The van der Waals surface area contributed by atoms with Gasteiger partial charge < -0.3 is 19.9 Å². The lowest BCUT2D eigenvalue weighted by Gasteiger charge is -2.25. The van der Waals surface area contributed by atoms with E-state index >= 15 is 0 Å². The van der Waals surface area contributed by atoms with E-state index in [1.807, 2.05) is 0 Å². The fraction of sp³-hybridized carbons (Fsp3) is 0.667. The number of carboxylic acids is 1. The van der Waals surface area contributed by atoms with Gasteiger partial charge in [0.05, 0.1) is 6.10 Å². The predicted octanol–water partition coefficient (Wildman–Crippen LogP) is 1.31. The topological polar surface area (TPSA) is 84.9 Å². The molecule has 6 nitrogen and oxygen atoms in total. The van der Waals surface area contributed by atoms with Crippen molar-refractivity contribution in [3.8, 4) is 0 Å². The summed E-state index contributed by atoms with van der Waals surface area (Å²) in [5, 5.41) is 11.3. The van der Waals surface area contributed by atoms with E-state index in [9.17, 15) is 9.59 Å². The minimum absolute atomic E-state index is 0.0537. The van der Waals surface area contributed by atoms with Crippen molar-refractivity contribution in [2.45, 2.75) is 37.8 Å². The molecule has 0 bridgehead atoms. The van der Waals surface area contributed by atoms with E-state index in [1.165, 1.54) is 6.08 Å². The first-order chi connectivity index (χ1) is 8.63. The summed E-state index contributed by atoms with van der Waals surface area (Å²) in [6.07, 6.45) is 3.67. The maximum absolute atomic E-state index is 11.3. The molecule has 1 rings (SSSR count). The van der Waals surface area contributed by atoms with Crippen LogP contribution in [-0.2, 0) is 14.3 Å². The van der Waals surface area contributed by atoms with Crippen LogP contribution in [0.25, 0.3) is 0 Å². The summed E-state index contributed by atoms with van der Waals surface area (Å²) in [7, 11) is 0. The second-order valence-electron chi connectivity index (χ2n) is 4.15. The molecule has 1 aliphatic rings. The molecule has 0 saturated carbocycles. The molecule has 0 spiro atoms. The van der Waals surface area contributed by atoms with Crippen molar-refractivity contribution < 1.29 is 24.2 Å². The summed E-state index contributed by atoms with van der Waals surface area (Å²) < 4.78 is 10.1. The van der Waals surface area contributed by atoms with Crippen molar-refractivity contribution >= 4 is 12.1 Å². The molecule has 0 aromatic heterocycles. The molecule has 0 aromatic rings. The molecule has 0 aliphatic carbocycles. The molecule has 102 valence electrons. The van der Waals surface area contributed by atoms with Crippen molar-refractivity contribution in [1.29, 1.82) is 0 Å². The Kier molecular flexibility index (Phi) is 6.21. The normalized spacial score (nSPS) is 20.8. The van der Waals surface area contributed by atoms with E-state index in [2.05, 4.69) is 16.6 Å². The standard InChI is InChI=1S/C12H19NO5/c1-2-6-18-12(16)13-10(11(14)15)8-9-5-3-4-7-17-9/h2,9-10H,1,3-8H2,(H,13,16)(H,14,15). The maximum atomic E-state index is 11.3. The first-order valence-electron chi connectivity index (χ1n) is 6.02. The Labute approximate surface area is 106 Å². The van der Waals surface area contributed by atoms with Gasteiger partial charge in [-0.25, -0.2) is 9.59 Å². The van der Waals surface area contributed by atoms with Crippen LogP contribution < -0.4 is 5.32 Å². The molecule has 6 heteroatoms. The van der Waals surface area contributed by atoms with E-state index in [1.54, 1.807) is 0 Å². The summed E-state index contributed by atoms with van der Waals surface area (Å²) >= 11 is 0. The number of carbonyl (C=O) groups excluding carboxylic acids is 1. The summed E-state index contributed by atoms with van der Waals surface area (Å²) in [5.74, 6) is -1.08. The zero-order chi connectivity index (χ0) is 13.4. The summed E-state index contributed by atoms with van der Waals surface area (Å²) in [6.45, 7) is 4.10. The quantitative estimate of drug-likeness (QED) is 0.701. The molecule has 1 saturated heterocycles. The van der Waals surface area contributed by atoms with Crippen LogP contribution in [0.15, 0.2) is 12.7 Å². The van der Waals surface area contributed by atoms with Crippen LogP contribution in [0.4, 0.5) is 4.79 Å². The fourth-order valence-electron chi connectivity index (χ4n) is 1.80. The van der Waals surface area contributed by atoms with Crippen LogP contribution in [0.5, 0.6) is 0 Å². The molecular weight excluding hydrogens is 238 g/mol. The lowest BCUT2D eigenvalue weighted by atomic mass is 10.0. The number of carboxylic acid groups (broad SMARTS) is 1. The van der Waals surface area contributed by atoms with Crippen molar-refractivity contribution in [1.82, 2.24) is 5.32 Å². The minimum Gasteiger partial charge on any atom is -0.480 e. The fourth-order valence-corrected chi connectivity index (χ4v) is 1.80. The molecule has 2 unspecified atom stereocenters. The molecule has 1 heterocycles. The Balaban J connectivity index is 2.40. The third-order valence-electron chi connectivity index (χ3n) is 2.70. The third-order valence-corrected chi connectivity index (χ3v) is 2.70. The number of aliphatic carboxylic acids is 1. The van der Waals surface area contributed by atoms with Crippen molar-refractivity contribution in [3.05, 3.63) is 12.7 Å². The average Bonchev–Trinajstić information content (AvgIpc) is 2.36. The zero-order valence-electron chi connectivity index (χ0n) is 10.3. The number of hydrogen-bond donors (Lipinski definition) is 2. The SMILES string of the molecule is C=CCOC(=O)NC(CC1CCCCO1)C(=O)O. The van der Waals surface area contributed by atoms with Gasteiger partial charge in [-0.3, -0.25) is 0 Å². The Morgan fingerprint density at radius 1 is 1.56 bits per heavy atom. The smallest absolute Gasteiger partial charge is 0.408 e. The largest absolute Gasteiger partial charge is 0.480 e. The Morgan fingerprint density at radius 2 is 2.33 bits per heavy atom. The van der Waals surface area contributed by atoms with Gasteiger partial charge in [0.2, 0.25) is 0 Å². The Morgan fingerprint density at radius 3 is 2.89 bits per heavy atom. The zero-order valence-corrected chi connectivity index (χ0v) is 10.3. The van der Waals surface area contributed by atoms with Gasteiger partial charge in [0, 0.05) is 13.0 Å². The highest BCUT2D eigenvalue weighted by molar-refractivity contribution is 5.79. The van der Waals surface area contributed by atoms with Gasteiger partial charge in [0.1, 0.15) is 12.6 Å². The Hall–Kier alpha value is -1.56. The number of alkyl carbamates (subject to hydrolysis) is 1.